The molecule has 3 aromatic heterocycles. The first kappa shape index (κ1) is 24.0. The molecule has 36 heavy (non-hydrogen) atoms. The van der Waals surface area contributed by atoms with Crippen molar-refractivity contribution in [3.8, 4) is 11.1 Å². The van der Waals surface area contributed by atoms with Gasteiger partial charge >= 0.3 is 0 Å². The van der Waals surface area contributed by atoms with Crippen molar-refractivity contribution in [1.82, 2.24) is 24.5 Å². The Morgan fingerprint density at radius 1 is 1.00 bits per heavy atom. The van der Waals surface area contributed by atoms with E-state index >= 15 is 0 Å². The first-order valence-electron chi connectivity index (χ1n) is 11.1. The van der Waals surface area contributed by atoms with E-state index in [1.54, 1.807) is 45.9 Å². The quantitative estimate of drug-likeness (QED) is 0.294. The molecule has 0 atom stereocenters. The Kier molecular flexibility index (Phi) is 6.47. The summed E-state index contributed by atoms with van der Waals surface area (Å²) in [6.07, 6.45) is 1.66. The molecule has 182 valence electrons. The molecule has 3 heterocycles. The molecule has 0 fully saturated rings. The third-order valence-corrected chi connectivity index (χ3v) is 6.43. The molecule has 1 amide bonds. The van der Waals surface area contributed by atoms with Gasteiger partial charge in [0.25, 0.3) is 0 Å². The number of aromatic nitrogens is 5. The maximum atomic E-state index is 13.4. The molecule has 0 bridgehead atoms. The highest BCUT2D eigenvalue weighted by Gasteiger charge is 2.17. The van der Waals surface area contributed by atoms with Gasteiger partial charge in [-0.2, -0.15) is 10.2 Å². The van der Waals surface area contributed by atoms with Crippen molar-refractivity contribution >= 4 is 46.0 Å². The molecule has 0 unspecified atom stereocenters. The minimum atomic E-state index is -0.304. The lowest BCUT2D eigenvalue weighted by Crippen LogP contribution is -2.20. The summed E-state index contributed by atoms with van der Waals surface area (Å²) in [6.45, 7) is 4.16. The largest absolute Gasteiger partial charge is 0.308 e. The van der Waals surface area contributed by atoms with E-state index in [9.17, 15) is 9.18 Å². The third-order valence-electron chi connectivity index (χ3n) is 5.84. The van der Waals surface area contributed by atoms with Gasteiger partial charge in [0.05, 0.1) is 12.2 Å². The molecule has 5 rings (SSSR count). The van der Waals surface area contributed by atoms with E-state index in [1.807, 2.05) is 26.0 Å². The molecule has 1 N–H and O–H groups in total. The van der Waals surface area contributed by atoms with Crippen molar-refractivity contribution in [1.29, 1.82) is 0 Å². The molecule has 2 aromatic carbocycles. The maximum absolute atomic E-state index is 13.4. The predicted octanol–water partition coefficient (Wildman–Crippen LogP) is 6.04. The Balaban J connectivity index is 1.35. The Morgan fingerprint density at radius 3 is 2.53 bits per heavy atom. The number of nitrogens with zero attached hydrogens (tertiary/aromatic N) is 5. The standard InChI is InChI=1S/C26H21Cl2FN6O/c1-15-11-23(33-34(15)13-18-3-6-19(27)12-22(18)28)31-24(36)14-35-26-25(16(2)32-35)21(9-10-30-26)17-4-7-20(29)8-5-17/h3-12H,13-14H2,1-2H3,(H,31,33,36). The van der Waals surface area contributed by atoms with Crippen molar-refractivity contribution < 1.29 is 9.18 Å². The summed E-state index contributed by atoms with van der Waals surface area (Å²) in [5.41, 5.74) is 4.75. The summed E-state index contributed by atoms with van der Waals surface area (Å²) in [6, 6.07) is 15.2. The summed E-state index contributed by atoms with van der Waals surface area (Å²) in [4.78, 5) is 17.3. The summed E-state index contributed by atoms with van der Waals surface area (Å²) < 4.78 is 16.7. The maximum Gasteiger partial charge on any atom is 0.247 e. The number of rotatable bonds is 6. The number of carbonyl (C=O) groups excluding carboxylic acids is 1. The molecule has 0 aliphatic heterocycles. The molecular formula is C26H21Cl2FN6O. The van der Waals surface area contributed by atoms with E-state index < -0.39 is 0 Å². The fourth-order valence-corrected chi connectivity index (χ4v) is 4.59. The van der Waals surface area contributed by atoms with Gasteiger partial charge in [-0.1, -0.05) is 41.4 Å². The average Bonchev–Trinajstić information content (AvgIpc) is 3.34. The first-order valence-corrected chi connectivity index (χ1v) is 11.9. The van der Waals surface area contributed by atoms with Crippen molar-refractivity contribution in [2.45, 2.75) is 26.9 Å². The van der Waals surface area contributed by atoms with Crippen LogP contribution in [0.5, 0.6) is 0 Å². The van der Waals surface area contributed by atoms with Crippen LogP contribution in [0.15, 0.2) is 60.8 Å². The van der Waals surface area contributed by atoms with Crippen LogP contribution in [0.25, 0.3) is 22.2 Å². The fraction of sp³-hybridized carbons (Fsp3) is 0.154. The van der Waals surface area contributed by atoms with Crippen molar-refractivity contribution in [3.63, 3.8) is 0 Å². The molecule has 0 aliphatic rings. The Hall–Kier alpha value is -3.75. The Morgan fingerprint density at radius 2 is 1.78 bits per heavy atom. The number of amides is 1. The number of pyridine rings is 1. The predicted molar refractivity (Wildman–Crippen MR) is 139 cm³/mol. The van der Waals surface area contributed by atoms with Gasteiger partial charge in [-0.25, -0.2) is 14.1 Å². The zero-order valence-electron chi connectivity index (χ0n) is 19.5. The van der Waals surface area contributed by atoms with Gasteiger partial charge in [-0.05, 0) is 60.9 Å². The normalized spacial score (nSPS) is 11.2. The van der Waals surface area contributed by atoms with Gasteiger partial charge in [-0.3, -0.25) is 9.48 Å². The van der Waals surface area contributed by atoms with Gasteiger partial charge in [0.1, 0.15) is 12.4 Å². The van der Waals surface area contributed by atoms with E-state index in [4.69, 9.17) is 23.2 Å². The van der Waals surface area contributed by atoms with Crippen LogP contribution in [-0.4, -0.2) is 30.5 Å². The molecule has 0 saturated carbocycles. The van der Waals surface area contributed by atoms with Crippen LogP contribution in [0.2, 0.25) is 10.0 Å². The molecule has 0 spiro atoms. The molecular weight excluding hydrogens is 502 g/mol. The van der Waals surface area contributed by atoms with Crippen LogP contribution in [0.1, 0.15) is 17.0 Å². The highest BCUT2D eigenvalue weighted by molar-refractivity contribution is 6.35. The highest BCUT2D eigenvalue weighted by atomic mass is 35.5. The van der Waals surface area contributed by atoms with Crippen molar-refractivity contribution in [2.24, 2.45) is 0 Å². The van der Waals surface area contributed by atoms with Crippen molar-refractivity contribution in [2.75, 3.05) is 5.32 Å². The topological polar surface area (TPSA) is 77.6 Å². The minimum Gasteiger partial charge on any atom is -0.308 e. The number of nitrogens with one attached hydrogen (secondary N) is 1. The number of carbonyl (C=O) groups is 1. The van der Waals surface area contributed by atoms with Crippen molar-refractivity contribution in [3.05, 3.63) is 93.6 Å². The summed E-state index contributed by atoms with van der Waals surface area (Å²) in [5.74, 6) is -0.166. The first-order chi connectivity index (χ1) is 17.3. The number of benzene rings is 2. The molecule has 0 saturated heterocycles. The van der Waals surface area contributed by atoms with Crippen LogP contribution in [0.3, 0.4) is 0 Å². The van der Waals surface area contributed by atoms with Crippen LogP contribution in [-0.2, 0) is 17.9 Å². The van der Waals surface area contributed by atoms with E-state index in [0.29, 0.717) is 28.1 Å². The number of halogens is 3. The van der Waals surface area contributed by atoms with Crippen LogP contribution in [0, 0.1) is 19.7 Å². The monoisotopic (exact) mass is 522 g/mol. The number of anilines is 1. The number of aryl methyl sites for hydroxylation is 2. The Bertz CT molecular complexity index is 1590. The van der Waals surface area contributed by atoms with Gasteiger partial charge in [-0.15, -0.1) is 0 Å². The molecule has 7 nitrogen and oxygen atoms in total. The smallest absolute Gasteiger partial charge is 0.247 e. The third kappa shape index (κ3) is 4.82. The lowest BCUT2D eigenvalue weighted by atomic mass is 10.0. The summed E-state index contributed by atoms with van der Waals surface area (Å²) in [7, 11) is 0. The van der Waals surface area contributed by atoms with Gasteiger partial charge < -0.3 is 5.32 Å². The number of hydrogen-bond donors (Lipinski definition) is 1. The number of hydrogen-bond acceptors (Lipinski definition) is 4. The average molecular weight is 523 g/mol. The zero-order chi connectivity index (χ0) is 25.4. The minimum absolute atomic E-state index is 0.0425. The Labute approximate surface area is 216 Å². The summed E-state index contributed by atoms with van der Waals surface area (Å²) >= 11 is 12.3. The van der Waals surface area contributed by atoms with E-state index in [0.717, 1.165) is 33.5 Å². The van der Waals surface area contributed by atoms with Crippen LogP contribution >= 0.6 is 23.2 Å². The molecule has 5 aromatic rings. The zero-order valence-corrected chi connectivity index (χ0v) is 21.0. The second-order valence-corrected chi connectivity index (χ2v) is 9.26. The SMILES string of the molecule is Cc1nn(CC(=O)Nc2cc(C)n(Cc3ccc(Cl)cc3Cl)n2)c2nccc(-c3ccc(F)cc3)c12. The molecule has 0 aliphatic carbocycles. The van der Waals surface area contributed by atoms with E-state index in [1.165, 1.54) is 12.1 Å². The van der Waals surface area contributed by atoms with Gasteiger partial charge in [0.15, 0.2) is 11.5 Å². The lowest BCUT2D eigenvalue weighted by molar-refractivity contribution is -0.116. The highest BCUT2D eigenvalue weighted by Crippen LogP contribution is 2.30. The molecule has 10 heteroatoms. The second kappa shape index (κ2) is 9.72. The van der Waals surface area contributed by atoms with E-state index in [-0.39, 0.29) is 18.3 Å². The van der Waals surface area contributed by atoms with Crippen LogP contribution < -0.4 is 5.32 Å². The summed E-state index contributed by atoms with van der Waals surface area (Å²) in [5, 5.41) is 13.8. The van der Waals surface area contributed by atoms with Gasteiger partial charge in [0.2, 0.25) is 5.91 Å². The van der Waals surface area contributed by atoms with E-state index in [2.05, 4.69) is 20.5 Å². The fourth-order valence-electron chi connectivity index (χ4n) is 4.12. The van der Waals surface area contributed by atoms with Crippen LogP contribution in [0.4, 0.5) is 10.2 Å². The number of fused-ring (bicyclic) bond motifs is 1. The lowest BCUT2D eigenvalue weighted by Gasteiger charge is -2.07. The second-order valence-electron chi connectivity index (χ2n) is 8.42. The molecule has 0 radical (unpaired) electrons. The van der Waals surface area contributed by atoms with Gasteiger partial charge in [0, 0.05) is 33.4 Å².